The van der Waals surface area contributed by atoms with Crippen molar-refractivity contribution in [1.82, 2.24) is 4.90 Å². The molecule has 1 aliphatic rings. The monoisotopic (exact) mass is 300 g/mol. The van der Waals surface area contributed by atoms with Gasteiger partial charge in [0.2, 0.25) is 0 Å². The van der Waals surface area contributed by atoms with Crippen LogP contribution in [-0.4, -0.2) is 45.2 Å². The first-order chi connectivity index (χ1) is 8.92. The van der Waals surface area contributed by atoms with Crippen LogP contribution < -0.4 is 5.73 Å². The van der Waals surface area contributed by atoms with E-state index in [1.165, 1.54) is 0 Å². The summed E-state index contributed by atoms with van der Waals surface area (Å²) in [5, 5.41) is 18.3. The van der Waals surface area contributed by atoms with Crippen LogP contribution in [0.15, 0.2) is 30.3 Å². The second-order valence-electron chi connectivity index (χ2n) is 4.91. The summed E-state index contributed by atoms with van der Waals surface area (Å²) in [4.78, 5) is 24.0. The predicted octanol–water partition coefficient (Wildman–Crippen LogP) is 0.549. The van der Waals surface area contributed by atoms with Crippen LogP contribution in [0, 0.1) is 0 Å². The lowest BCUT2D eigenvalue weighted by Gasteiger charge is -2.21. The molecule has 1 aromatic rings. The first-order valence-electron chi connectivity index (χ1n) is 5.95. The standard InChI is InChI=1S/C13H16N2O4.ClH/c14-13(12(18)19)6-10(11(16)17)15(8-13)7-9-4-2-1-3-5-9;/h1-5,10H,6-8,14H2,(H,16,17)(H,18,19);1H. The van der Waals surface area contributed by atoms with Crippen LogP contribution in [0.3, 0.4) is 0 Å². The van der Waals surface area contributed by atoms with Crippen molar-refractivity contribution in [2.75, 3.05) is 6.54 Å². The van der Waals surface area contributed by atoms with Crippen molar-refractivity contribution in [3.05, 3.63) is 35.9 Å². The first kappa shape index (κ1) is 16.4. The van der Waals surface area contributed by atoms with Crippen molar-refractivity contribution >= 4 is 24.3 Å². The van der Waals surface area contributed by atoms with Crippen molar-refractivity contribution in [2.45, 2.75) is 24.5 Å². The van der Waals surface area contributed by atoms with E-state index in [4.69, 9.17) is 10.8 Å². The lowest BCUT2D eigenvalue weighted by Crippen LogP contribution is -2.50. The van der Waals surface area contributed by atoms with Gasteiger partial charge in [-0.1, -0.05) is 30.3 Å². The molecule has 1 aliphatic heterocycles. The molecule has 0 amide bonds. The van der Waals surface area contributed by atoms with Crippen LogP contribution in [0.5, 0.6) is 0 Å². The maximum Gasteiger partial charge on any atom is 0.325 e. The molecule has 2 atom stereocenters. The zero-order valence-corrected chi connectivity index (χ0v) is 11.5. The average molecular weight is 301 g/mol. The normalized spacial score (nSPS) is 25.9. The minimum absolute atomic E-state index is 0. The smallest absolute Gasteiger partial charge is 0.325 e. The topological polar surface area (TPSA) is 104 Å². The van der Waals surface area contributed by atoms with E-state index in [1.807, 2.05) is 30.3 Å². The Bertz CT molecular complexity index is 496. The number of likely N-dealkylation sites (tertiary alicyclic amines) is 1. The second kappa shape index (κ2) is 6.21. The first-order valence-corrected chi connectivity index (χ1v) is 5.95. The Labute approximate surface area is 122 Å². The summed E-state index contributed by atoms with van der Waals surface area (Å²) in [6, 6.07) is 8.46. The van der Waals surface area contributed by atoms with E-state index in [9.17, 15) is 14.7 Å². The number of aliphatic carboxylic acids is 2. The number of benzene rings is 1. The Hall–Kier alpha value is -1.63. The van der Waals surface area contributed by atoms with Gasteiger partial charge in [-0.2, -0.15) is 0 Å². The van der Waals surface area contributed by atoms with E-state index >= 15 is 0 Å². The second-order valence-corrected chi connectivity index (χ2v) is 4.91. The van der Waals surface area contributed by atoms with Crippen LogP contribution in [-0.2, 0) is 16.1 Å². The van der Waals surface area contributed by atoms with Gasteiger partial charge in [0.1, 0.15) is 11.6 Å². The van der Waals surface area contributed by atoms with Crippen molar-refractivity contribution in [3.63, 3.8) is 0 Å². The van der Waals surface area contributed by atoms with Crippen molar-refractivity contribution in [2.24, 2.45) is 5.73 Å². The lowest BCUT2D eigenvalue weighted by molar-refractivity contribution is -0.142. The zero-order chi connectivity index (χ0) is 14.0. The van der Waals surface area contributed by atoms with Gasteiger partial charge in [0, 0.05) is 19.5 Å². The lowest BCUT2D eigenvalue weighted by atomic mass is 9.98. The third kappa shape index (κ3) is 3.27. The minimum atomic E-state index is -1.49. The van der Waals surface area contributed by atoms with Crippen LogP contribution in [0.2, 0.25) is 0 Å². The molecule has 0 aliphatic carbocycles. The summed E-state index contributed by atoms with van der Waals surface area (Å²) < 4.78 is 0. The van der Waals surface area contributed by atoms with Crippen molar-refractivity contribution in [1.29, 1.82) is 0 Å². The minimum Gasteiger partial charge on any atom is -0.480 e. The van der Waals surface area contributed by atoms with Crippen LogP contribution >= 0.6 is 12.4 Å². The predicted molar refractivity (Wildman–Crippen MR) is 74.7 cm³/mol. The number of carboxylic acids is 2. The van der Waals surface area contributed by atoms with Gasteiger partial charge in [0.05, 0.1) is 0 Å². The molecule has 4 N–H and O–H groups in total. The highest BCUT2D eigenvalue weighted by atomic mass is 35.5. The zero-order valence-electron chi connectivity index (χ0n) is 10.7. The molecule has 6 nitrogen and oxygen atoms in total. The fourth-order valence-corrected chi connectivity index (χ4v) is 2.39. The molecule has 2 unspecified atom stereocenters. The van der Waals surface area contributed by atoms with Gasteiger partial charge in [-0.15, -0.1) is 12.4 Å². The van der Waals surface area contributed by atoms with Crippen LogP contribution in [0.4, 0.5) is 0 Å². The summed E-state index contributed by atoms with van der Waals surface area (Å²) in [6.45, 7) is 0.415. The molecule has 2 rings (SSSR count). The van der Waals surface area contributed by atoms with Crippen LogP contribution in [0.1, 0.15) is 12.0 Å². The number of carboxylic acid groups (broad SMARTS) is 2. The van der Waals surface area contributed by atoms with Gasteiger partial charge in [0.25, 0.3) is 0 Å². The highest BCUT2D eigenvalue weighted by Crippen LogP contribution is 2.27. The van der Waals surface area contributed by atoms with Gasteiger partial charge in [-0.05, 0) is 5.56 Å². The Morgan fingerprint density at radius 1 is 1.30 bits per heavy atom. The number of hydrogen-bond donors (Lipinski definition) is 3. The molecule has 0 bridgehead atoms. The highest BCUT2D eigenvalue weighted by Gasteiger charge is 2.49. The third-order valence-electron chi connectivity index (χ3n) is 3.42. The molecule has 0 spiro atoms. The largest absolute Gasteiger partial charge is 0.480 e. The fraction of sp³-hybridized carbons (Fsp3) is 0.385. The molecule has 1 aromatic carbocycles. The molecule has 1 saturated heterocycles. The van der Waals surface area contributed by atoms with Gasteiger partial charge in [-0.3, -0.25) is 14.5 Å². The van der Waals surface area contributed by atoms with Crippen molar-refractivity contribution < 1.29 is 19.8 Å². The Morgan fingerprint density at radius 3 is 2.40 bits per heavy atom. The fourth-order valence-electron chi connectivity index (χ4n) is 2.39. The summed E-state index contributed by atoms with van der Waals surface area (Å²) in [7, 11) is 0. The Morgan fingerprint density at radius 2 is 1.90 bits per heavy atom. The number of hydrogen-bond acceptors (Lipinski definition) is 4. The number of rotatable bonds is 4. The van der Waals surface area contributed by atoms with E-state index in [0.29, 0.717) is 6.54 Å². The molecule has 7 heteroatoms. The quantitative estimate of drug-likeness (QED) is 0.750. The maximum atomic E-state index is 11.2. The van der Waals surface area contributed by atoms with Gasteiger partial charge in [0.15, 0.2) is 0 Å². The molecular formula is C13H17ClN2O4. The van der Waals surface area contributed by atoms with E-state index in [2.05, 4.69) is 0 Å². The van der Waals surface area contributed by atoms with E-state index < -0.39 is 23.5 Å². The van der Waals surface area contributed by atoms with Gasteiger partial charge >= 0.3 is 11.9 Å². The van der Waals surface area contributed by atoms with Crippen molar-refractivity contribution in [3.8, 4) is 0 Å². The Balaban J connectivity index is 0.00000200. The van der Waals surface area contributed by atoms with E-state index in [1.54, 1.807) is 4.90 Å². The van der Waals surface area contributed by atoms with Gasteiger partial charge < -0.3 is 15.9 Å². The van der Waals surface area contributed by atoms with E-state index in [-0.39, 0.29) is 25.4 Å². The molecular weight excluding hydrogens is 284 g/mol. The summed E-state index contributed by atoms with van der Waals surface area (Å²) in [5.41, 5.74) is 5.22. The molecule has 20 heavy (non-hydrogen) atoms. The molecule has 1 fully saturated rings. The molecule has 1 heterocycles. The summed E-state index contributed by atoms with van der Waals surface area (Å²) in [5.74, 6) is -2.20. The molecule has 0 aromatic heterocycles. The molecule has 0 radical (unpaired) electrons. The number of nitrogens with zero attached hydrogens (tertiary/aromatic N) is 1. The Kier molecular flexibility index (Phi) is 5.10. The number of carbonyl (C=O) groups is 2. The highest BCUT2D eigenvalue weighted by molar-refractivity contribution is 5.85. The summed E-state index contributed by atoms with van der Waals surface area (Å²) >= 11 is 0. The average Bonchev–Trinajstić information content (AvgIpc) is 2.69. The maximum absolute atomic E-state index is 11.2. The third-order valence-corrected chi connectivity index (χ3v) is 3.42. The van der Waals surface area contributed by atoms with Gasteiger partial charge in [-0.25, -0.2) is 0 Å². The number of nitrogens with two attached hydrogens (primary N) is 1. The molecule has 0 saturated carbocycles. The van der Waals surface area contributed by atoms with E-state index in [0.717, 1.165) is 5.56 Å². The molecule has 110 valence electrons. The SMILES string of the molecule is Cl.NC1(C(=O)O)CC(C(=O)O)N(Cc2ccccc2)C1. The van der Waals surface area contributed by atoms with Crippen LogP contribution in [0.25, 0.3) is 0 Å². The summed E-state index contributed by atoms with van der Waals surface area (Å²) in [6.07, 6.45) is -0.0789. The number of halogens is 1.